The highest BCUT2D eigenvalue weighted by molar-refractivity contribution is 7.89. The second-order valence-electron chi connectivity index (χ2n) is 4.04. The predicted molar refractivity (Wildman–Crippen MR) is 60.8 cm³/mol. The number of carbonyl (C=O) groups excluding carboxylic acids is 1. The number of ether oxygens (including phenoxy) is 1. The molecule has 0 radical (unpaired) electrons. The number of hydrogen-bond donors (Lipinski definition) is 1. The quantitative estimate of drug-likeness (QED) is 0.824. The van der Waals surface area contributed by atoms with Gasteiger partial charge in [0.25, 0.3) is 0 Å². The normalized spacial score (nSPS) is 19.9. The Morgan fingerprint density at radius 3 is 2.78 bits per heavy atom. The Morgan fingerprint density at radius 2 is 2.17 bits per heavy atom. The monoisotopic (exact) mass is 273 g/mol. The van der Waals surface area contributed by atoms with E-state index in [1.54, 1.807) is 6.92 Å². The molecule has 0 bridgehead atoms. The third-order valence-electron chi connectivity index (χ3n) is 2.67. The Bertz CT molecular complexity index is 585. The highest BCUT2D eigenvalue weighted by Gasteiger charge is 2.31. The van der Waals surface area contributed by atoms with E-state index in [0.717, 1.165) is 6.07 Å². The number of nitrogens with one attached hydrogen (secondary N) is 1. The molecule has 1 atom stereocenters. The molecule has 98 valence electrons. The standard InChI is InChI=1S/C11H12FNO4S/c1-7-2-3-8(12)6-10(7)18(15,16)13-9-4-5-17-11(9)14/h2-3,6,9,13H,4-5H2,1H3. The summed E-state index contributed by atoms with van der Waals surface area (Å²) >= 11 is 0. The highest BCUT2D eigenvalue weighted by atomic mass is 32.2. The summed E-state index contributed by atoms with van der Waals surface area (Å²) in [6.07, 6.45) is 0.284. The van der Waals surface area contributed by atoms with Crippen molar-refractivity contribution < 1.29 is 22.3 Å². The van der Waals surface area contributed by atoms with E-state index >= 15 is 0 Å². The summed E-state index contributed by atoms with van der Waals surface area (Å²) in [5.74, 6) is -1.25. The Kier molecular flexibility index (Phi) is 3.36. The van der Waals surface area contributed by atoms with E-state index in [1.807, 2.05) is 0 Å². The van der Waals surface area contributed by atoms with Crippen molar-refractivity contribution in [2.45, 2.75) is 24.3 Å². The van der Waals surface area contributed by atoms with Gasteiger partial charge in [0, 0.05) is 6.42 Å². The van der Waals surface area contributed by atoms with Gasteiger partial charge in [-0.05, 0) is 24.6 Å². The number of carbonyl (C=O) groups is 1. The van der Waals surface area contributed by atoms with Gasteiger partial charge in [-0.25, -0.2) is 12.8 Å². The Morgan fingerprint density at radius 1 is 1.44 bits per heavy atom. The molecular formula is C11H12FNO4S. The van der Waals surface area contributed by atoms with Gasteiger partial charge in [-0.15, -0.1) is 0 Å². The zero-order chi connectivity index (χ0) is 13.3. The van der Waals surface area contributed by atoms with E-state index in [1.165, 1.54) is 12.1 Å². The molecule has 0 aliphatic carbocycles. The van der Waals surface area contributed by atoms with E-state index < -0.39 is 27.9 Å². The minimum Gasteiger partial charge on any atom is -0.464 e. The summed E-state index contributed by atoms with van der Waals surface area (Å²) in [5, 5.41) is 0. The maximum Gasteiger partial charge on any atom is 0.324 e. The van der Waals surface area contributed by atoms with Crippen LogP contribution >= 0.6 is 0 Å². The van der Waals surface area contributed by atoms with Crippen LogP contribution in [0.25, 0.3) is 0 Å². The lowest BCUT2D eigenvalue weighted by atomic mass is 10.2. The molecule has 0 saturated carbocycles. The van der Waals surface area contributed by atoms with Crippen LogP contribution in [0.4, 0.5) is 4.39 Å². The summed E-state index contributed by atoms with van der Waals surface area (Å²) in [6, 6.07) is 2.59. The lowest BCUT2D eigenvalue weighted by Crippen LogP contribution is -2.38. The lowest BCUT2D eigenvalue weighted by molar-refractivity contribution is -0.139. The number of esters is 1. The number of rotatable bonds is 3. The largest absolute Gasteiger partial charge is 0.464 e. The van der Waals surface area contributed by atoms with Crippen molar-refractivity contribution in [3.8, 4) is 0 Å². The minimum absolute atomic E-state index is 0.165. The van der Waals surface area contributed by atoms with Crippen LogP contribution in [0, 0.1) is 12.7 Å². The van der Waals surface area contributed by atoms with Crippen molar-refractivity contribution >= 4 is 16.0 Å². The molecule has 1 aromatic carbocycles. The van der Waals surface area contributed by atoms with Crippen LogP contribution < -0.4 is 4.72 Å². The summed E-state index contributed by atoms with van der Waals surface area (Å²) in [6.45, 7) is 1.75. The average Bonchev–Trinajstić information content (AvgIpc) is 2.67. The van der Waals surface area contributed by atoms with Crippen molar-refractivity contribution in [1.82, 2.24) is 4.72 Å². The fraction of sp³-hybridized carbons (Fsp3) is 0.364. The summed E-state index contributed by atoms with van der Waals surface area (Å²) in [4.78, 5) is 11.0. The van der Waals surface area contributed by atoms with Crippen LogP contribution in [-0.4, -0.2) is 27.0 Å². The molecule has 7 heteroatoms. The molecule has 0 aromatic heterocycles. The van der Waals surface area contributed by atoms with Gasteiger partial charge < -0.3 is 4.74 Å². The maximum absolute atomic E-state index is 13.1. The third kappa shape index (κ3) is 2.51. The minimum atomic E-state index is -3.92. The van der Waals surface area contributed by atoms with Gasteiger partial charge in [0.05, 0.1) is 11.5 Å². The van der Waals surface area contributed by atoms with Gasteiger partial charge in [-0.1, -0.05) is 6.07 Å². The maximum atomic E-state index is 13.1. The van der Waals surface area contributed by atoms with Crippen molar-refractivity contribution in [1.29, 1.82) is 0 Å². The molecule has 5 nitrogen and oxygen atoms in total. The molecule has 1 saturated heterocycles. The van der Waals surface area contributed by atoms with Crippen molar-refractivity contribution in [2.75, 3.05) is 6.61 Å². The summed E-state index contributed by atoms with van der Waals surface area (Å²) < 4.78 is 44.0. The van der Waals surface area contributed by atoms with Crippen LogP contribution in [0.15, 0.2) is 23.1 Å². The number of cyclic esters (lactones) is 1. The third-order valence-corrected chi connectivity index (χ3v) is 4.29. The van der Waals surface area contributed by atoms with Crippen molar-refractivity contribution in [2.24, 2.45) is 0 Å². The number of hydrogen-bond acceptors (Lipinski definition) is 4. The van der Waals surface area contributed by atoms with Crippen molar-refractivity contribution in [3.63, 3.8) is 0 Å². The Balaban J connectivity index is 2.30. The first kappa shape index (κ1) is 13.0. The molecule has 2 rings (SSSR count). The molecule has 1 unspecified atom stereocenters. The van der Waals surface area contributed by atoms with Gasteiger partial charge >= 0.3 is 5.97 Å². The first-order chi connectivity index (χ1) is 8.40. The van der Waals surface area contributed by atoms with E-state index in [0.29, 0.717) is 5.56 Å². The first-order valence-electron chi connectivity index (χ1n) is 5.35. The van der Waals surface area contributed by atoms with Crippen LogP contribution in [0.2, 0.25) is 0 Å². The summed E-state index contributed by atoms with van der Waals surface area (Å²) in [7, 11) is -3.92. The molecule has 18 heavy (non-hydrogen) atoms. The second kappa shape index (κ2) is 4.66. The lowest BCUT2D eigenvalue weighted by Gasteiger charge is -2.11. The molecule has 1 N–H and O–H groups in total. The van der Waals surface area contributed by atoms with Crippen LogP contribution in [0.5, 0.6) is 0 Å². The molecule has 1 heterocycles. The van der Waals surface area contributed by atoms with Crippen LogP contribution in [-0.2, 0) is 19.6 Å². The van der Waals surface area contributed by atoms with Crippen LogP contribution in [0.1, 0.15) is 12.0 Å². The fourth-order valence-corrected chi connectivity index (χ4v) is 3.19. The summed E-state index contributed by atoms with van der Waals surface area (Å²) in [5.41, 5.74) is 0.412. The topological polar surface area (TPSA) is 72.5 Å². The number of halogens is 1. The molecular weight excluding hydrogens is 261 g/mol. The molecule has 0 spiro atoms. The average molecular weight is 273 g/mol. The number of benzene rings is 1. The molecule has 1 fully saturated rings. The second-order valence-corrected chi connectivity index (χ2v) is 5.72. The SMILES string of the molecule is Cc1ccc(F)cc1S(=O)(=O)NC1CCOC1=O. The molecule has 1 aromatic rings. The Labute approximate surface area is 104 Å². The number of aryl methyl sites for hydroxylation is 1. The zero-order valence-electron chi connectivity index (χ0n) is 9.64. The van der Waals surface area contributed by atoms with Gasteiger partial charge in [0.1, 0.15) is 11.9 Å². The first-order valence-corrected chi connectivity index (χ1v) is 6.83. The molecule has 1 aliphatic rings. The Hall–Kier alpha value is -1.47. The van der Waals surface area contributed by atoms with Gasteiger partial charge in [-0.3, -0.25) is 4.79 Å². The van der Waals surface area contributed by atoms with E-state index in [2.05, 4.69) is 9.46 Å². The van der Waals surface area contributed by atoms with Crippen LogP contribution in [0.3, 0.4) is 0 Å². The van der Waals surface area contributed by atoms with E-state index in [-0.39, 0.29) is 17.9 Å². The van der Waals surface area contributed by atoms with E-state index in [4.69, 9.17) is 0 Å². The van der Waals surface area contributed by atoms with E-state index in [9.17, 15) is 17.6 Å². The van der Waals surface area contributed by atoms with Gasteiger partial charge in [0.15, 0.2) is 0 Å². The fourth-order valence-electron chi connectivity index (χ4n) is 1.72. The van der Waals surface area contributed by atoms with Crippen molar-refractivity contribution in [3.05, 3.63) is 29.6 Å². The molecule has 0 amide bonds. The number of sulfonamides is 1. The molecule has 1 aliphatic heterocycles. The smallest absolute Gasteiger partial charge is 0.324 e. The highest BCUT2D eigenvalue weighted by Crippen LogP contribution is 2.18. The van der Waals surface area contributed by atoms with Gasteiger partial charge in [0.2, 0.25) is 10.0 Å². The predicted octanol–water partition coefficient (Wildman–Crippen LogP) is 0.728. The van der Waals surface area contributed by atoms with Gasteiger partial charge in [-0.2, -0.15) is 4.72 Å². The zero-order valence-corrected chi connectivity index (χ0v) is 10.5.